The molecule has 0 bridgehead atoms. The van der Waals surface area contributed by atoms with Crippen LogP contribution in [0.4, 0.5) is 0 Å². The first-order valence-electron chi connectivity index (χ1n) is 6.26. The minimum atomic E-state index is -0.832. The van der Waals surface area contributed by atoms with E-state index in [2.05, 4.69) is 10.0 Å². The fourth-order valence-electron chi connectivity index (χ4n) is 2.13. The van der Waals surface area contributed by atoms with Crippen LogP contribution in [0.5, 0.6) is 5.75 Å². The first-order chi connectivity index (χ1) is 10.6. The topological polar surface area (TPSA) is 166 Å². The quantitative estimate of drug-likeness (QED) is 0.418. The van der Waals surface area contributed by atoms with Crippen molar-refractivity contribution in [3.63, 3.8) is 0 Å². The fourth-order valence-corrected chi connectivity index (χ4v) is 2.13. The van der Waals surface area contributed by atoms with Crippen molar-refractivity contribution in [2.45, 2.75) is 24.8 Å². The first-order valence-corrected chi connectivity index (χ1v) is 6.26. The molecule has 0 amide bonds. The second-order valence-corrected chi connectivity index (χ2v) is 4.43. The fraction of sp³-hybridized carbons (Fsp3) is 0.545. The van der Waals surface area contributed by atoms with Crippen molar-refractivity contribution in [1.29, 1.82) is 5.26 Å². The van der Waals surface area contributed by atoms with Crippen LogP contribution < -0.4 is 16.0 Å². The molecule has 1 aromatic rings. The molecule has 1 saturated heterocycles. The van der Waals surface area contributed by atoms with Gasteiger partial charge in [0.1, 0.15) is 12.3 Å². The van der Waals surface area contributed by atoms with Gasteiger partial charge in [0.15, 0.2) is 6.61 Å². The number of rotatable bonds is 5. The zero-order valence-electron chi connectivity index (χ0n) is 11.2. The van der Waals surface area contributed by atoms with E-state index in [4.69, 9.17) is 20.3 Å². The Morgan fingerprint density at radius 1 is 1.68 bits per heavy atom. The van der Waals surface area contributed by atoms with E-state index in [1.54, 1.807) is 6.07 Å². The molecule has 0 saturated carbocycles. The molecular formula is C11H12N6O5. The van der Waals surface area contributed by atoms with Gasteiger partial charge >= 0.3 is 5.69 Å². The number of aromatic amines is 1. The molecule has 11 nitrogen and oxygen atoms in total. The van der Waals surface area contributed by atoms with Crippen molar-refractivity contribution in [2.24, 2.45) is 5.11 Å². The molecule has 0 spiro atoms. The van der Waals surface area contributed by atoms with Crippen LogP contribution in [0.3, 0.4) is 0 Å². The number of nitrogens with one attached hydrogen (secondary N) is 1. The molecule has 0 radical (unpaired) electrons. The largest absolute Gasteiger partial charge is 0.471 e. The Hall–Kier alpha value is -2.80. The number of aromatic nitrogens is 2. The van der Waals surface area contributed by atoms with Gasteiger partial charge in [0.05, 0.1) is 24.9 Å². The average molecular weight is 308 g/mol. The lowest BCUT2D eigenvalue weighted by Gasteiger charge is -2.15. The van der Waals surface area contributed by atoms with Crippen molar-refractivity contribution < 1.29 is 14.6 Å². The normalized spacial score (nSPS) is 23.5. The van der Waals surface area contributed by atoms with Crippen LogP contribution >= 0.6 is 0 Å². The highest BCUT2D eigenvalue weighted by molar-refractivity contribution is 5.13. The Bertz CT molecular complexity index is 743. The molecule has 3 atom stereocenters. The van der Waals surface area contributed by atoms with Gasteiger partial charge in [-0.25, -0.2) is 4.79 Å². The average Bonchev–Trinajstić information content (AvgIpc) is 2.89. The Balaban J connectivity index is 2.33. The zero-order valence-corrected chi connectivity index (χ0v) is 11.2. The van der Waals surface area contributed by atoms with Gasteiger partial charge in [0.25, 0.3) is 5.56 Å². The van der Waals surface area contributed by atoms with Crippen molar-refractivity contribution in [3.05, 3.63) is 37.5 Å². The van der Waals surface area contributed by atoms with Crippen LogP contribution in [0.1, 0.15) is 12.6 Å². The maximum atomic E-state index is 11.9. The third kappa shape index (κ3) is 3.09. The van der Waals surface area contributed by atoms with Crippen LogP contribution in [0.25, 0.3) is 10.4 Å². The first kappa shape index (κ1) is 15.6. The molecule has 116 valence electrons. The molecule has 0 aromatic carbocycles. The second kappa shape index (κ2) is 6.77. The lowest BCUT2D eigenvalue weighted by Crippen LogP contribution is -2.33. The number of aliphatic hydroxyl groups excluding tert-OH is 1. The number of aliphatic hydroxyl groups is 1. The summed E-state index contributed by atoms with van der Waals surface area (Å²) in [6.07, 6.45) is -0.306. The Morgan fingerprint density at radius 2 is 2.45 bits per heavy atom. The van der Waals surface area contributed by atoms with Gasteiger partial charge in [-0.05, 0) is 5.53 Å². The molecule has 1 aliphatic rings. The number of nitrogens with zero attached hydrogens (tertiary/aromatic N) is 5. The SMILES string of the molecule is N#CCOc1cn([C@@H]2CC(N=[N+]=[N-])[C@H](CO)O2)c(=O)[nH]c1=O. The van der Waals surface area contributed by atoms with E-state index >= 15 is 0 Å². The van der Waals surface area contributed by atoms with Gasteiger partial charge in [-0.1, -0.05) is 5.11 Å². The second-order valence-electron chi connectivity index (χ2n) is 4.43. The summed E-state index contributed by atoms with van der Waals surface area (Å²) >= 11 is 0. The zero-order chi connectivity index (χ0) is 16.1. The molecule has 22 heavy (non-hydrogen) atoms. The van der Waals surface area contributed by atoms with E-state index < -0.39 is 29.6 Å². The van der Waals surface area contributed by atoms with Gasteiger partial charge in [-0.15, -0.1) is 0 Å². The summed E-state index contributed by atoms with van der Waals surface area (Å²) < 4.78 is 11.4. The number of H-pyrrole nitrogens is 1. The summed E-state index contributed by atoms with van der Waals surface area (Å²) in [6.45, 7) is -0.733. The summed E-state index contributed by atoms with van der Waals surface area (Å²) in [4.78, 5) is 28.1. The summed E-state index contributed by atoms with van der Waals surface area (Å²) in [7, 11) is 0. The van der Waals surface area contributed by atoms with Gasteiger partial charge < -0.3 is 14.6 Å². The predicted molar refractivity (Wildman–Crippen MR) is 71.0 cm³/mol. The van der Waals surface area contributed by atoms with Gasteiger partial charge in [-0.2, -0.15) is 5.26 Å². The lowest BCUT2D eigenvalue weighted by molar-refractivity contribution is -0.0273. The molecule has 1 aliphatic heterocycles. The highest BCUT2D eigenvalue weighted by atomic mass is 16.5. The third-order valence-corrected chi connectivity index (χ3v) is 3.12. The Labute approximate surface area is 123 Å². The number of nitriles is 1. The van der Waals surface area contributed by atoms with Crippen molar-refractivity contribution in [1.82, 2.24) is 9.55 Å². The van der Waals surface area contributed by atoms with Gasteiger partial charge in [0.2, 0.25) is 5.75 Å². The van der Waals surface area contributed by atoms with Crippen molar-refractivity contribution >= 4 is 0 Å². The van der Waals surface area contributed by atoms with Crippen LogP contribution in [0, 0.1) is 11.3 Å². The van der Waals surface area contributed by atoms with Crippen LogP contribution in [0.15, 0.2) is 20.9 Å². The molecule has 0 aliphatic carbocycles. The van der Waals surface area contributed by atoms with Gasteiger partial charge in [-0.3, -0.25) is 14.3 Å². The van der Waals surface area contributed by atoms with E-state index in [0.717, 1.165) is 10.8 Å². The van der Waals surface area contributed by atoms with Crippen LogP contribution in [-0.4, -0.2) is 40.0 Å². The molecule has 11 heteroatoms. The number of hydrogen-bond donors (Lipinski definition) is 2. The predicted octanol–water partition coefficient (Wildman–Crippen LogP) is -0.602. The monoisotopic (exact) mass is 308 g/mol. The van der Waals surface area contributed by atoms with Crippen molar-refractivity contribution in [3.8, 4) is 11.8 Å². The smallest absolute Gasteiger partial charge is 0.330 e. The minimum absolute atomic E-state index is 0.152. The Morgan fingerprint density at radius 3 is 3.09 bits per heavy atom. The van der Waals surface area contributed by atoms with Crippen molar-refractivity contribution in [2.75, 3.05) is 13.2 Å². The molecule has 2 rings (SSSR count). The molecule has 1 aromatic heterocycles. The molecular weight excluding hydrogens is 296 g/mol. The highest BCUT2D eigenvalue weighted by Gasteiger charge is 2.36. The number of azide groups is 1. The van der Waals surface area contributed by atoms with E-state index in [-0.39, 0.29) is 25.4 Å². The van der Waals surface area contributed by atoms with E-state index in [1.807, 2.05) is 4.98 Å². The molecule has 1 unspecified atom stereocenters. The summed E-state index contributed by atoms with van der Waals surface area (Å²) in [6, 6.07) is 1.07. The van der Waals surface area contributed by atoms with Crippen LogP contribution in [-0.2, 0) is 4.74 Å². The van der Waals surface area contributed by atoms with E-state index in [0.29, 0.717) is 0 Å². The lowest BCUT2D eigenvalue weighted by atomic mass is 10.1. The molecule has 1 fully saturated rings. The highest BCUT2D eigenvalue weighted by Crippen LogP contribution is 2.30. The summed E-state index contributed by atoms with van der Waals surface area (Å²) in [5.41, 5.74) is 6.98. The van der Waals surface area contributed by atoms with Gasteiger partial charge in [0, 0.05) is 11.3 Å². The van der Waals surface area contributed by atoms with E-state index in [1.165, 1.54) is 0 Å². The van der Waals surface area contributed by atoms with E-state index in [9.17, 15) is 14.7 Å². The summed E-state index contributed by atoms with van der Waals surface area (Å²) in [5.74, 6) is -0.211. The molecule has 2 heterocycles. The molecule has 2 N–H and O–H groups in total. The van der Waals surface area contributed by atoms with Crippen LogP contribution in [0.2, 0.25) is 0 Å². The standard InChI is InChI=1S/C11H12N6O5/c12-1-2-21-7-4-17(11(20)14-10(7)19)9-3-6(15-16-13)8(5-18)22-9/h4,6,8-9,18H,2-3,5H2,(H,14,19,20)/t6?,8-,9-/m0/s1. The number of hydrogen-bond acceptors (Lipinski definition) is 7. The maximum absolute atomic E-state index is 11.9. The Kier molecular flexibility index (Phi) is 4.80. The minimum Gasteiger partial charge on any atom is -0.471 e. The summed E-state index contributed by atoms with van der Waals surface area (Å²) in [5, 5.41) is 21.2. The third-order valence-electron chi connectivity index (χ3n) is 3.12. The maximum Gasteiger partial charge on any atom is 0.330 e. The number of ether oxygens (including phenoxy) is 2.